The Kier molecular flexibility index (Phi) is 7.88. The first-order chi connectivity index (χ1) is 15.8. The number of amides is 2. The Morgan fingerprint density at radius 1 is 1.12 bits per heavy atom. The van der Waals surface area contributed by atoms with Crippen molar-refractivity contribution in [1.82, 2.24) is 19.4 Å². The molecule has 0 aliphatic carbocycles. The Balaban J connectivity index is 1.33. The Morgan fingerprint density at radius 3 is 2.61 bits per heavy atom. The number of carbonyl (C=O) groups excluding carboxylic acids is 2. The van der Waals surface area contributed by atoms with Gasteiger partial charge in [-0.15, -0.1) is 11.3 Å². The highest BCUT2D eigenvalue weighted by atomic mass is 32.2. The molecule has 0 spiro atoms. The van der Waals surface area contributed by atoms with Crippen LogP contribution in [0.2, 0.25) is 0 Å². The van der Waals surface area contributed by atoms with Crippen LogP contribution in [-0.4, -0.2) is 86.3 Å². The standard InChI is InChI=1S/C23H34N4O4S2/c1-18-8-9-20(32-18)10-15-33(30,31)24-21-7-5-13-26(23(21)29)17-22(28)27-14-4-6-19(27)16-25-11-2-3-12-25/h8-10,15,19,21,24H,2-7,11-14,16-17H2,1H3/b15-10+/t19-,21-/m0/s1. The summed E-state index contributed by atoms with van der Waals surface area (Å²) in [6.45, 7) is 6.33. The Bertz CT molecular complexity index is 984. The molecule has 2 atom stereocenters. The third kappa shape index (κ3) is 6.44. The lowest BCUT2D eigenvalue weighted by molar-refractivity contribution is -0.143. The van der Waals surface area contributed by atoms with Gasteiger partial charge in [-0.25, -0.2) is 8.42 Å². The summed E-state index contributed by atoms with van der Waals surface area (Å²) in [5.74, 6) is -0.338. The van der Waals surface area contributed by atoms with Crippen LogP contribution in [-0.2, 0) is 19.6 Å². The number of piperidine rings is 1. The fourth-order valence-electron chi connectivity index (χ4n) is 5.02. The maximum absolute atomic E-state index is 13.1. The summed E-state index contributed by atoms with van der Waals surface area (Å²) in [6, 6.07) is 3.18. The molecule has 0 radical (unpaired) electrons. The van der Waals surface area contributed by atoms with Crippen molar-refractivity contribution < 1.29 is 18.0 Å². The van der Waals surface area contributed by atoms with E-state index in [1.54, 1.807) is 6.08 Å². The van der Waals surface area contributed by atoms with Crippen LogP contribution in [0.25, 0.3) is 6.08 Å². The van der Waals surface area contributed by atoms with Crippen molar-refractivity contribution in [3.63, 3.8) is 0 Å². The summed E-state index contributed by atoms with van der Waals surface area (Å²) in [4.78, 5) is 33.9. The van der Waals surface area contributed by atoms with E-state index < -0.39 is 16.1 Å². The minimum Gasteiger partial charge on any atom is -0.337 e. The van der Waals surface area contributed by atoms with Gasteiger partial charge in [-0.3, -0.25) is 9.59 Å². The number of hydrogen-bond acceptors (Lipinski definition) is 6. The normalized spacial score (nSPS) is 24.9. The summed E-state index contributed by atoms with van der Waals surface area (Å²) >= 11 is 1.50. The van der Waals surface area contributed by atoms with E-state index in [0.29, 0.717) is 19.4 Å². The quantitative estimate of drug-likeness (QED) is 0.597. The van der Waals surface area contributed by atoms with E-state index in [1.807, 2.05) is 24.0 Å². The van der Waals surface area contributed by atoms with Crippen molar-refractivity contribution >= 4 is 39.3 Å². The second-order valence-electron chi connectivity index (χ2n) is 9.26. The van der Waals surface area contributed by atoms with Gasteiger partial charge in [-0.2, -0.15) is 4.72 Å². The van der Waals surface area contributed by atoms with Crippen molar-refractivity contribution in [2.24, 2.45) is 0 Å². The van der Waals surface area contributed by atoms with E-state index in [4.69, 9.17) is 0 Å². The molecule has 182 valence electrons. The second kappa shape index (κ2) is 10.7. The van der Waals surface area contributed by atoms with E-state index in [1.165, 1.54) is 29.1 Å². The van der Waals surface area contributed by atoms with Gasteiger partial charge >= 0.3 is 0 Å². The molecule has 1 N–H and O–H groups in total. The van der Waals surface area contributed by atoms with Crippen LogP contribution in [0, 0.1) is 6.92 Å². The molecule has 3 saturated heterocycles. The zero-order valence-corrected chi connectivity index (χ0v) is 20.9. The third-order valence-corrected chi connectivity index (χ3v) is 8.77. The molecule has 10 heteroatoms. The number of nitrogens with one attached hydrogen (secondary N) is 1. The minimum absolute atomic E-state index is 0.0257. The summed E-state index contributed by atoms with van der Waals surface area (Å²) in [5.41, 5.74) is 0. The summed E-state index contributed by atoms with van der Waals surface area (Å²) in [6.07, 6.45) is 7.10. The Labute approximate surface area is 200 Å². The van der Waals surface area contributed by atoms with E-state index >= 15 is 0 Å². The molecular formula is C23H34N4O4S2. The van der Waals surface area contributed by atoms with E-state index in [0.717, 1.165) is 54.2 Å². The van der Waals surface area contributed by atoms with Gasteiger partial charge in [0.05, 0.1) is 6.54 Å². The molecular weight excluding hydrogens is 460 g/mol. The van der Waals surface area contributed by atoms with E-state index in [-0.39, 0.29) is 24.4 Å². The van der Waals surface area contributed by atoms with Crippen LogP contribution in [0.4, 0.5) is 0 Å². The van der Waals surface area contributed by atoms with Crippen LogP contribution < -0.4 is 4.72 Å². The summed E-state index contributed by atoms with van der Waals surface area (Å²) < 4.78 is 27.6. The first kappa shape index (κ1) is 24.4. The smallest absolute Gasteiger partial charge is 0.242 e. The fraction of sp³-hybridized carbons (Fsp3) is 0.652. The molecule has 3 aliphatic heterocycles. The number of rotatable bonds is 8. The lowest BCUT2D eigenvalue weighted by atomic mass is 10.1. The molecule has 3 fully saturated rings. The number of likely N-dealkylation sites (tertiary alicyclic amines) is 3. The highest BCUT2D eigenvalue weighted by molar-refractivity contribution is 7.92. The van der Waals surface area contributed by atoms with Gasteiger partial charge in [0.15, 0.2) is 0 Å². The average molecular weight is 495 g/mol. The van der Waals surface area contributed by atoms with Crippen LogP contribution >= 0.6 is 11.3 Å². The molecule has 1 aromatic heterocycles. The van der Waals surface area contributed by atoms with Crippen LogP contribution in [0.3, 0.4) is 0 Å². The molecule has 0 bridgehead atoms. The Hall–Kier alpha value is -1.75. The maximum atomic E-state index is 13.1. The number of aryl methyl sites for hydroxylation is 1. The maximum Gasteiger partial charge on any atom is 0.242 e. The van der Waals surface area contributed by atoms with Gasteiger partial charge in [-0.05, 0) is 76.7 Å². The van der Waals surface area contributed by atoms with Gasteiger partial charge in [-0.1, -0.05) is 0 Å². The number of carbonyl (C=O) groups is 2. The van der Waals surface area contributed by atoms with Crippen LogP contribution in [0.5, 0.6) is 0 Å². The van der Waals surface area contributed by atoms with Crippen LogP contribution in [0.15, 0.2) is 17.5 Å². The van der Waals surface area contributed by atoms with Crippen molar-refractivity contribution in [3.05, 3.63) is 27.3 Å². The number of hydrogen-bond donors (Lipinski definition) is 1. The SMILES string of the molecule is Cc1ccc(/C=C/S(=O)(=O)N[C@H]2CCCN(CC(=O)N3CCC[C@H]3CN3CCCC3)C2=O)s1. The summed E-state index contributed by atoms with van der Waals surface area (Å²) in [7, 11) is -3.77. The molecule has 0 aromatic carbocycles. The molecule has 8 nitrogen and oxygen atoms in total. The monoisotopic (exact) mass is 494 g/mol. The topological polar surface area (TPSA) is 90.0 Å². The van der Waals surface area contributed by atoms with Gasteiger partial charge in [0, 0.05) is 40.8 Å². The molecule has 2 amide bonds. The predicted octanol–water partition coefficient (Wildman–Crippen LogP) is 2.02. The first-order valence-electron chi connectivity index (χ1n) is 11.9. The van der Waals surface area contributed by atoms with Crippen molar-refractivity contribution in [3.8, 4) is 0 Å². The largest absolute Gasteiger partial charge is 0.337 e. The molecule has 33 heavy (non-hydrogen) atoms. The van der Waals surface area contributed by atoms with Gasteiger partial charge in [0.1, 0.15) is 6.04 Å². The first-order valence-corrected chi connectivity index (χ1v) is 14.2. The van der Waals surface area contributed by atoms with Gasteiger partial charge in [0.2, 0.25) is 21.8 Å². The van der Waals surface area contributed by atoms with Crippen molar-refractivity contribution in [2.75, 3.05) is 39.3 Å². The van der Waals surface area contributed by atoms with Crippen molar-refractivity contribution in [2.45, 2.75) is 57.5 Å². The number of sulfonamides is 1. The molecule has 0 saturated carbocycles. The zero-order chi connectivity index (χ0) is 23.4. The van der Waals surface area contributed by atoms with Crippen LogP contribution in [0.1, 0.15) is 48.3 Å². The molecule has 4 rings (SSSR count). The number of thiophene rings is 1. The average Bonchev–Trinajstić information content (AvgIpc) is 3.52. The predicted molar refractivity (Wildman–Crippen MR) is 130 cm³/mol. The molecule has 0 unspecified atom stereocenters. The highest BCUT2D eigenvalue weighted by Crippen LogP contribution is 2.22. The lowest BCUT2D eigenvalue weighted by Crippen LogP contribution is -2.55. The fourth-order valence-corrected chi connectivity index (χ4v) is 6.90. The zero-order valence-electron chi connectivity index (χ0n) is 19.2. The minimum atomic E-state index is -3.77. The lowest BCUT2D eigenvalue weighted by Gasteiger charge is -2.34. The number of nitrogens with zero attached hydrogens (tertiary/aromatic N) is 3. The Morgan fingerprint density at radius 2 is 1.88 bits per heavy atom. The van der Waals surface area contributed by atoms with Gasteiger partial charge < -0.3 is 14.7 Å². The molecule has 4 heterocycles. The molecule has 1 aromatic rings. The van der Waals surface area contributed by atoms with E-state index in [9.17, 15) is 18.0 Å². The van der Waals surface area contributed by atoms with E-state index in [2.05, 4.69) is 9.62 Å². The third-order valence-electron chi connectivity index (χ3n) is 6.70. The summed E-state index contributed by atoms with van der Waals surface area (Å²) in [5, 5.41) is 1.11. The molecule has 3 aliphatic rings. The highest BCUT2D eigenvalue weighted by Gasteiger charge is 2.36. The van der Waals surface area contributed by atoms with Gasteiger partial charge in [0.25, 0.3) is 0 Å². The second-order valence-corrected chi connectivity index (χ2v) is 12.2. The van der Waals surface area contributed by atoms with Crippen molar-refractivity contribution in [1.29, 1.82) is 0 Å².